The summed E-state index contributed by atoms with van der Waals surface area (Å²) in [4.78, 5) is 27.3. The number of anilines is 1. The van der Waals surface area contributed by atoms with Gasteiger partial charge in [0.2, 0.25) is 5.91 Å². The van der Waals surface area contributed by atoms with Gasteiger partial charge in [0.25, 0.3) is 0 Å². The number of rotatable bonds is 2. The first-order chi connectivity index (χ1) is 12.1. The molecule has 4 rings (SSSR count). The lowest BCUT2D eigenvalue weighted by Crippen LogP contribution is -2.18. The fraction of sp³-hybridized carbons (Fsp3) is 0.167. The van der Waals surface area contributed by atoms with E-state index in [9.17, 15) is 9.59 Å². The molecule has 3 heterocycles. The number of aromatic nitrogens is 2. The number of hydrogen-bond acceptors (Lipinski definition) is 5. The third-order valence-corrected chi connectivity index (χ3v) is 4.09. The Morgan fingerprint density at radius 3 is 2.92 bits per heavy atom. The number of nitrogens with zero attached hydrogens (tertiary/aromatic N) is 2. The predicted molar refractivity (Wildman–Crippen MR) is 90.6 cm³/mol. The number of carbonyl (C=O) groups is 2. The Balaban J connectivity index is 1.67. The molecule has 1 amide bonds. The summed E-state index contributed by atoms with van der Waals surface area (Å²) in [6.07, 6.45) is 3.98. The van der Waals surface area contributed by atoms with Crippen molar-refractivity contribution >= 4 is 23.4 Å². The van der Waals surface area contributed by atoms with Crippen LogP contribution < -0.4 is 10.1 Å². The second kappa shape index (κ2) is 5.94. The minimum atomic E-state index is -0.767. The van der Waals surface area contributed by atoms with Crippen molar-refractivity contribution in [2.24, 2.45) is 0 Å². The summed E-state index contributed by atoms with van der Waals surface area (Å²) in [5.41, 5.74) is 4.46. The van der Waals surface area contributed by atoms with E-state index in [1.165, 1.54) is 7.11 Å². The van der Waals surface area contributed by atoms with Crippen molar-refractivity contribution in [2.45, 2.75) is 12.8 Å². The summed E-state index contributed by atoms with van der Waals surface area (Å²) in [5.74, 6) is 0.419. The molecule has 0 atom stereocenters. The Bertz CT molecular complexity index is 993. The van der Waals surface area contributed by atoms with Gasteiger partial charge in [-0.05, 0) is 36.2 Å². The number of hydrogen-bond donors (Lipinski definition) is 1. The summed E-state index contributed by atoms with van der Waals surface area (Å²) in [6, 6.07) is 9.30. The highest BCUT2D eigenvalue weighted by Gasteiger charge is 2.16. The minimum Gasteiger partial charge on any atom is -0.437 e. The fourth-order valence-electron chi connectivity index (χ4n) is 2.85. The highest BCUT2D eigenvalue weighted by atomic mass is 16.7. The summed E-state index contributed by atoms with van der Waals surface area (Å²) in [5, 5.41) is 2.87. The Kier molecular flexibility index (Phi) is 3.61. The second-order valence-electron chi connectivity index (χ2n) is 5.73. The Hall–Kier alpha value is -3.35. The first-order valence-corrected chi connectivity index (χ1v) is 7.80. The van der Waals surface area contributed by atoms with E-state index in [0.29, 0.717) is 12.2 Å². The van der Waals surface area contributed by atoms with Crippen LogP contribution in [0.25, 0.3) is 16.9 Å². The molecule has 0 saturated carbocycles. The molecule has 25 heavy (non-hydrogen) atoms. The van der Waals surface area contributed by atoms with Crippen LogP contribution in [-0.4, -0.2) is 28.6 Å². The zero-order valence-corrected chi connectivity index (χ0v) is 13.5. The van der Waals surface area contributed by atoms with E-state index in [4.69, 9.17) is 4.74 Å². The molecule has 0 unspecified atom stereocenters. The van der Waals surface area contributed by atoms with Crippen molar-refractivity contribution < 1.29 is 19.1 Å². The SMILES string of the molecule is COC(=O)Oc1ccc2nc(-c3ccc4c(c3)CCC(=O)N4)cn2c1. The van der Waals surface area contributed by atoms with Crippen molar-refractivity contribution in [3.8, 4) is 17.0 Å². The first kappa shape index (κ1) is 15.2. The third-order valence-electron chi connectivity index (χ3n) is 4.09. The maximum atomic E-state index is 11.5. The molecule has 1 N–H and O–H groups in total. The quantitative estimate of drug-likeness (QED) is 0.727. The van der Waals surface area contributed by atoms with E-state index in [2.05, 4.69) is 15.0 Å². The monoisotopic (exact) mass is 337 g/mol. The number of benzene rings is 1. The lowest BCUT2D eigenvalue weighted by Gasteiger charge is -2.17. The van der Waals surface area contributed by atoms with Crippen LogP contribution in [0, 0.1) is 0 Å². The second-order valence-corrected chi connectivity index (χ2v) is 5.73. The smallest absolute Gasteiger partial charge is 0.437 e. The van der Waals surface area contributed by atoms with Crippen LogP contribution in [0.4, 0.5) is 10.5 Å². The van der Waals surface area contributed by atoms with E-state index < -0.39 is 6.16 Å². The average molecular weight is 337 g/mol. The van der Waals surface area contributed by atoms with Gasteiger partial charge in [0.15, 0.2) is 5.75 Å². The van der Waals surface area contributed by atoms with Gasteiger partial charge in [-0.2, -0.15) is 0 Å². The molecule has 1 aliphatic rings. The zero-order chi connectivity index (χ0) is 17.4. The van der Waals surface area contributed by atoms with E-state index in [1.54, 1.807) is 22.7 Å². The molecule has 0 spiro atoms. The topological polar surface area (TPSA) is 81.9 Å². The number of amides is 1. The molecule has 0 radical (unpaired) electrons. The molecule has 0 saturated heterocycles. The van der Waals surface area contributed by atoms with Crippen LogP contribution in [-0.2, 0) is 16.0 Å². The van der Waals surface area contributed by atoms with Crippen LogP contribution in [0.1, 0.15) is 12.0 Å². The summed E-state index contributed by atoms with van der Waals surface area (Å²) >= 11 is 0. The normalized spacial score (nSPS) is 13.2. The number of ether oxygens (including phenoxy) is 2. The molecule has 1 aliphatic heterocycles. The van der Waals surface area contributed by atoms with Gasteiger partial charge >= 0.3 is 6.16 Å². The molecule has 2 aromatic heterocycles. The molecule has 7 heteroatoms. The van der Waals surface area contributed by atoms with Crippen molar-refractivity contribution in [3.05, 3.63) is 48.3 Å². The van der Waals surface area contributed by atoms with E-state index in [-0.39, 0.29) is 5.91 Å². The molecule has 1 aromatic carbocycles. The van der Waals surface area contributed by atoms with E-state index >= 15 is 0 Å². The maximum Gasteiger partial charge on any atom is 0.513 e. The number of carbonyl (C=O) groups excluding carboxylic acids is 2. The van der Waals surface area contributed by atoms with Gasteiger partial charge in [0, 0.05) is 23.9 Å². The Morgan fingerprint density at radius 1 is 1.20 bits per heavy atom. The summed E-state index contributed by atoms with van der Waals surface area (Å²) in [6.45, 7) is 0. The van der Waals surface area contributed by atoms with Crippen molar-refractivity contribution in [1.82, 2.24) is 9.38 Å². The van der Waals surface area contributed by atoms with Gasteiger partial charge in [-0.15, -0.1) is 0 Å². The van der Waals surface area contributed by atoms with Gasteiger partial charge in [0.05, 0.1) is 19.0 Å². The number of imidazole rings is 1. The van der Waals surface area contributed by atoms with Crippen LogP contribution >= 0.6 is 0 Å². The average Bonchev–Trinajstić information content (AvgIpc) is 3.04. The number of fused-ring (bicyclic) bond motifs is 2. The number of aryl methyl sites for hydroxylation is 1. The standard InChI is InChI=1S/C18H15N3O4/c1-24-18(23)25-13-4-6-16-19-15(10-21(16)9-13)12-2-5-14-11(8-12)3-7-17(22)20-14/h2,4-6,8-10H,3,7H2,1H3,(H,20,22). The maximum absolute atomic E-state index is 11.5. The van der Waals surface area contributed by atoms with E-state index in [1.807, 2.05) is 24.4 Å². The number of nitrogens with one attached hydrogen (secondary N) is 1. The highest BCUT2D eigenvalue weighted by molar-refractivity contribution is 5.94. The van der Waals surface area contributed by atoms with Crippen LogP contribution in [0.15, 0.2) is 42.7 Å². The van der Waals surface area contributed by atoms with Crippen molar-refractivity contribution in [2.75, 3.05) is 12.4 Å². The van der Waals surface area contributed by atoms with Gasteiger partial charge in [-0.3, -0.25) is 4.79 Å². The van der Waals surface area contributed by atoms with Crippen LogP contribution in [0.3, 0.4) is 0 Å². The minimum absolute atomic E-state index is 0.0473. The molecule has 0 bridgehead atoms. The third kappa shape index (κ3) is 2.91. The molecule has 0 fully saturated rings. The molecule has 126 valence electrons. The molecule has 7 nitrogen and oxygen atoms in total. The van der Waals surface area contributed by atoms with Crippen molar-refractivity contribution in [1.29, 1.82) is 0 Å². The lowest BCUT2D eigenvalue weighted by atomic mass is 9.99. The van der Waals surface area contributed by atoms with Crippen LogP contribution in [0.2, 0.25) is 0 Å². The first-order valence-electron chi connectivity index (χ1n) is 7.80. The zero-order valence-electron chi connectivity index (χ0n) is 13.5. The number of methoxy groups -OCH3 is 1. The molecular formula is C18H15N3O4. The highest BCUT2D eigenvalue weighted by Crippen LogP contribution is 2.29. The van der Waals surface area contributed by atoms with Gasteiger partial charge in [0.1, 0.15) is 5.65 Å². The van der Waals surface area contributed by atoms with Crippen LogP contribution in [0.5, 0.6) is 5.75 Å². The Labute approximate surface area is 143 Å². The van der Waals surface area contributed by atoms with Gasteiger partial charge < -0.3 is 19.2 Å². The molecule has 0 aliphatic carbocycles. The fourth-order valence-corrected chi connectivity index (χ4v) is 2.85. The van der Waals surface area contributed by atoms with Crippen molar-refractivity contribution in [3.63, 3.8) is 0 Å². The van der Waals surface area contributed by atoms with Gasteiger partial charge in [-0.25, -0.2) is 9.78 Å². The summed E-state index contributed by atoms with van der Waals surface area (Å²) in [7, 11) is 1.26. The van der Waals surface area contributed by atoms with E-state index in [0.717, 1.165) is 34.6 Å². The predicted octanol–water partition coefficient (Wildman–Crippen LogP) is 3.03. The summed E-state index contributed by atoms with van der Waals surface area (Å²) < 4.78 is 11.3. The van der Waals surface area contributed by atoms with Gasteiger partial charge in [-0.1, -0.05) is 6.07 Å². The lowest BCUT2D eigenvalue weighted by molar-refractivity contribution is -0.116. The molecule has 3 aromatic rings. The largest absolute Gasteiger partial charge is 0.513 e. The number of pyridine rings is 1. The Morgan fingerprint density at radius 2 is 2.08 bits per heavy atom. The molecular weight excluding hydrogens is 322 g/mol.